The van der Waals surface area contributed by atoms with Gasteiger partial charge in [-0.05, 0) is 49.3 Å². The number of hydrogen-bond donors (Lipinski definition) is 2. The largest absolute Gasteiger partial charge is 0.465 e. The molecule has 0 bridgehead atoms. The number of methoxy groups -OCH3 is 1. The molecule has 0 spiro atoms. The molecule has 0 saturated carbocycles. The van der Waals surface area contributed by atoms with E-state index in [0.29, 0.717) is 11.3 Å². The second kappa shape index (κ2) is 9.18. The number of hydrogen-bond acceptors (Lipinski definition) is 4. The molecule has 2 unspecified atom stereocenters. The third-order valence-corrected chi connectivity index (χ3v) is 4.34. The van der Waals surface area contributed by atoms with Gasteiger partial charge in [0.15, 0.2) is 0 Å². The minimum absolute atomic E-state index is 0.0791. The van der Waals surface area contributed by atoms with Gasteiger partial charge in [0.2, 0.25) is 5.91 Å². The summed E-state index contributed by atoms with van der Waals surface area (Å²) < 4.78 is 4.70. The van der Waals surface area contributed by atoms with Crippen molar-refractivity contribution in [2.75, 3.05) is 12.8 Å². The van der Waals surface area contributed by atoms with Crippen molar-refractivity contribution in [1.82, 2.24) is 0 Å². The van der Waals surface area contributed by atoms with Crippen molar-refractivity contribution in [2.24, 2.45) is 11.7 Å². The Kier molecular flexibility index (Phi) is 7.59. The summed E-state index contributed by atoms with van der Waals surface area (Å²) in [6.45, 7) is 4.15. The van der Waals surface area contributed by atoms with E-state index in [1.807, 2.05) is 6.07 Å². The molecule has 23 heavy (non-hydrogen) atoms. The van der Waals surface area contributed by atoms with E-state index in [4.69, 9.17) is 16.2 Å². The van der Waals surface area contributed by atoms with Crippen LogP contribution in [0.2, 0.25) is 0 Å². The molecule has 2 atom stereocenters. The Bertz CT molecular complexity index is 543. The number of rotatable bonds is 9. The smallest absolute Gasteiger partial charge is 0.337 e. The zero-order valence-corrected chi connectivity index (χ0v) is 14.3. The average Bonchev–Trinajstić information content (AvgIpc) is 2.54. The van der Waals surface area contributed by atoms with Crippen LogP contribution in [0.3, 0.4) is 0 Å². The van der Waals surface area contributed by atoms with Crippen molar-refractivity contribution in [3.05, 3.63) is 29.3 Å². The monoisotopic (exact) mass is 320 g/mol. The maximum absolute atomic E-state index is 11.5. The highest BCUT2D eigenvalue weighted by Crippen LogP contribution is 2.32. The summed E-state index contributed by atoms with van der Waals surface area (Å²) in [5.74, 6) is -0.450. The van der Waals surface area contributed by atoms with Gasteiger partial charge in [0.25, 0.3) is 0 Å². The first-order chi connectivity index (χ1) is 10.9. The van der Waals surface area contributed by atoms with Crippen LogP contribution in [0.4, 0.5) is 5.69 Å². The second-order valence-electron chi connectivity index (χ2n) is 5.91. The Hall–Kier alpha value is -2.04. The molecule has 0 heterocycles. The van der Waals surface area contributed by atoms with E-state index in [-0.39, 0.29) is 17.7 Å². The number of carbonyl (C=O) groups excluding carboxylic acids is 2. The van der Waals surface area contributed by atoms with Crippen molar-refractivity contribution < 1.29 is 14.3 Å². The van der Waals surface area contributed by atoms with Crippen LogP contribution in [-0.2, 0) is 9.53 Å². The number of primary amides is 1. The van der Waals surface area contributed by atoms with Crippen LogP contribution in [0, 0.1) is 5.92 Å². The number of benzene rings is 1. The summed E-state index contributed by atoms with van der Waals surface area (Å²) in [6.07, 6.45) is 4.30. The molecule has 0 aliphatic carbocycles. The average molecular weight is 320 g/mol. The maximum Gasteiger partial charge on any atom is 0.337 e. The topological polar surface area (TPSA) is 95.4 Å². The van der Waals surface area contributed by atoms with Gasteiger partial charge in [-0.2, -0.15) is 0 Å². The molecule has 128 valence electrons. The number of ether oxygens (including phenoxy) is 1. The quantitative estimate of drug-likeness (QED) is 0.539. The van der Waals surface area contributed by atoms with E-state index in [1.54, 1.807) is 12.1 Å². The van der Waals surface area contributed by atoms with Gasteiger partial charge in [-0.3, -0.25) is 4.79 Å². The van der Waals surface area contributed by atoms with Gasteiger partial charge in [0.1, 0.15) is 0 Å². The zero-order chi connectivity index (χ0) is 17.4. The molecule has 1 aromatic rings. The fourth-order valence-corrected chi connectivity index (χ4v) is 2.95. The van der Waals surface area contributed by atoms with Crippen LogP contribution in [0.25, 0.3) is 0 Å². The van der Waals surface area contributed by atoms with Crippen molar-refractivity contribution in [3.8, 4) is 0 Å². The van der Waals surface area contributed by atoms with Crippen molar-refractivity contribution in [3.63, 3.8) is 0 Å². The van der Waals surface area contributed by atoms with E-state index in [1.165, 1.54) is 7.11 Å². The summed E-state index contributed by atoms with van der Waals surface area (Å²) in [5, 5.41) is 0. The molecule has 0 fully saturated rings. The van der Waals surface area contributed by atoms with Crippen LogP contribution in [0.1, 0.15) is 67.8 Å². The van der Waals surface area contributed by atoms with E-state index >= 15 is 0 Å². The SMILES string of the molecule is CCCC(CCC(CC)c1ccc(C(=O)OC)cc1N)C(N)=O. The fourth-order valence-electron chi connectivity index (χ4n) is 2.95. The summed E-state index contributed by atoms with van der Waals surface area (Å²) >= 11 is 0. The molecule has 0 saturated heterocycles. The number of nitrogens with two attached hydrogens (primary N) is 2. The first-order valence-corrected chi connectivity index (χ1v) is 8.21. The lowest BCUT2D eigenvalue weighted by atomic mass is 9.86. The zero-order valence-electron chi connectivity index (χ0n) is 14.3. The van der Waals surface area contributed by atoms with Crippen molar-refractivity contribution in [2.45, 2.75) is 51.9 Å². The number of amides is 1. The first-order valence-electron chi connectivity index (χ1n) is 8.21. The molecular weight excluding hydrogens is 292 g/mol. The summed E-state index contributed by atoms with van der Waals surface area (Å²) in [4.78, 5) is 23.0. The Morgan fingerprint density at radius 3 is 2.35 bits per heavy atom. The molecule has 5 nitrogen and oxygen atoms in total. The standard InChI is InChI=1S/C18H28N2O3/c1-4-6-13(17(20)21)8-7-12(5-2)15-10-9-14(11-16(15)19)18(22)23-3/h9-13H,4-8,19H2,1-3H3,(H2,20,21). The molecule has 0 radical (unpaired) electrons. The lowest BCUT2D eigenvalue weighted by molar-refractivity contribution is -0.122. The number of anilines is 1. The Labute approximate surface area is 138 Å². The van der Waals surface area contributed by atoms with Gasteiger partial charge in [0, 0.05) is 11.6 Å². The van der Waals surface area contributed by atoms with Gasteiger partial charge in [-0.15, -0.1) is 0 Å². The lowest BCUT2D eigenvalue weighted by Crippen LogP contribution is -2.23. The van der Waals surface area contributed by atoms with E-state index in [2.05, 4.69) is 13.8 Å². The predicted molar refractivity (Wildman–Crippen MR) is 92.1 cm³/mol. The maximum atomic E-state index is 11.5. The lowest BCUT2D eigenvalue weighted by Gasteiger charge is -2.20. The van der Waals surface area contributed by atoms with Crippen LogP contribution < -0.4 is 11.5 Å². The number of carbonyl (C=O) groups is 2. The Balaban J connectivity index is 2.85. The molecule has 5 heteroatoms. The molecule has 4 N–H and O–H groups in total. The van der Waals surface area contributed by atoms with Gasteiger partial charge in [-0.1, -0.05) is 26.3 Å². The molecule has 0 aliphatic heterocycles. The van der Waals surface area contributed by atoms with Crippen LogP contribution >= 0.6 is 0 Å². The fraction of sp³-hybridized carbons (Fsp3) is 0.556. The van der Waals surface area contributed by atoms with Gasteiger partial charge < -0.3 is 16.2 Å². The molecule has 0 aliphatic rings. The van der Waals surface area contributed by atoms with E-state index in [0.717, 1.165) is 37.7 Å². The normalized spacial score (nSPS) is 13.3. The highest BCUT2D eigenvalue weighted by atomic mass is 16.5. The molecule has 0 aromatic heterocycles. The minimum Gasteiger partial charge on any atom is -0.465 e. The minimum atomic E-state index is -0.395. The van der Waals surface area contributed by atoms with Crippen LogP contribution in [0.5, 0.6) is 0 Å². The van der Waals surface area contributed by atoms with Gasteiger partial charge in [-0.25, -0.2) is 4.79 Å². The summed E-state index contributed by atoms with van der Waals surface area (Å²) in [6, 6.07) is 5.27. The summed E-state index contributed by atoms with van der Waals surface area (Å²) in [7, 11) is 1.35. The third kappa shape index (κ3) is 5.27. The predicted octanol–water partition coefficient (Wildman–Crippen LogP) is 3.23. The highest BCUT2D eigenvalue weighted by molar-refractivity contribution is 5.90. The van der Waals surface area contributed by atoms with Crippen molar-refractivity contribution in [1.29, 1.82) is 0 Å². The van der Waals surface area contributed by atoms with Crippen molar-refractivity contribution >= 4 is 17.6 Å². The van der Waals surface area contributed by atoms with E-state index in [9.17, 15) is 9.59 Å². The van der Waals surface area contributed by atoms with Gasteiger partial charge in [0.05, 0.1) is 12.7 Å². The molecule has 1 rings (SSSR count). The highest BCUT2D eigenvalue weighted by Gasteiger charge is 2.19. The van der Waals surface area contributed by atoms with E-state index < -0.39 is 5.97 Å². The molecular formula is C18H28N2O3. The Morgan fingerprint density at radius 1 is 1.17 bits per heavy atom. The Morgan fingerprint density at radius 2 is 1.87 bits per heavy atom. The molecule has 1 aromatic carbocycles. The summed E-state index contributed by atoms with van der Waals surface area (Å²) in [5.41, 5.74) is 13.6. The number of nitrogen functional groups attached to an aromatic ring is 1. The van der Waals surface area contributed by atoms with Gasteiger partial charge >= 0.3 is 5.97 Å². The second-order valence-corrected chi connectivity index (χ2v) is 5.91. The molecule has 1 amide bonds. The van der Waals surface area contributed by atoms with Crippen LogP contribution in [0.15, 0.2) is 18.2 Å². The number of esters is 1. The third-order valence-electron chi connectivity index (χ3n) is 4.34. The first kappa shape index (κ1) is 19.0. The van der Waals surface area contributed by atoms with Crippen LogP contribution in [-0.4, -0.2) is 19.0 Å².